The number of halogens is 3. The predicted molar refractivity (Wildman–Crippen MR) is 164 cm³/mol. The molecule has 214 valence electrons. The van der Waals surface area contributed by atoms with Gasteiger partial charge < -0.3 is 15.5 Å². The molecule has 2 N–H and O–H groups in total. The number of amides is 3. The van der Waals surface area contributed by atoms with Crippen molar-refractivity contribution in [2.75, 3.05) is 36.8 Å². The van der Waals surface area contributed by atoms with Gasteiger partial charge in [-0.2, -0.15) is 0 Å². The van der Waals surface area contributed by atoms with Gasteiger partial charge in [0.15, 0.2) is 0 Å². The van der Waals surface area contributed by atoms with Gasteiger partial charge in [-0.05, 0) is 92.4 Å². The summed E-state index contributed by atoms with van der Waals surface area (Å²) in [6.07, 6.45) is 2.86. The molecule has 41 heavy (non-hydrogen) atoms. The number of piperidine rings is 1. The standard InChI is InChI=1S/C31H31Cl3N4O3/c1-20-14-24(35-28(39)22-4-2-5-23(32)16-22)7-9-27(20)36-29(40)30(41)38-12-3-10-31(19-38)11-13-37(18-31)17-21-6-8-25(33)26(34)15-21/h2,4-9,14-16H,3,10-13,17-19H2,1H3,(H,35,39)(H,36,40). The summed E-state index contributed by atoms with van der Waals surface area (Å²) >= 11 is 18.2. The molecule has 0 aromatic heterocycles. The lowest BCUT2D eigenvalue weighted by Crippen LogP contribution is -2.50. The van der Waals surface area contributed by atoms with Crippen LogP contribution in [0.2, 0.25) is 15.1 Å². The second kappa shape index (κ2) is 12.4. The van der Waals surface area contributed by atoms with Crippen molar-refractivity contribution in [2.24, 2.45) is 5.41 Å². The lowest BCUT2D eigenvalue weighted by Gasteiger charge is -2.40. The maximum Gasteiger partial charge on any atom is 0.313 e. The summed E-state index contributed by atoms with van der Waals surface area (Å²) in [4.78, 5) is 42.8. The monoisotopic (exact) mass is 612 g/mol. The van der Waals surface area contributed by atoms with Crippen LogP contribution in [0.3, 0.4) is 0 Å². The Bertz CT molecular complexity index is 1500. The normalized spacial score (nSPS) is 18.9. The minimum atomic E-state index is -0.661. The lowest BCUT2D eigenvalue weighted by atomic mass is 9.79. The molecular weight excluding hydrogens is 583 g/mol. The highest BCUT2D eigenvalue weighted by molar-refractivity contribution is 6.42. The maximum absolute atomic E-state index is 13.2. The van der Waals surface area contributed by atoms with Crippen molar-refractivity contribution in [1.29, 1.82) is 0 Å². The highest BCUT2D eigenvalue weighted by Gasteiger charge is 2.43. The van der Waals surface area contributed by atoms with E-state index in [9.17, 15) is 14.4 Å². The first-order chi connectivity index (χ1) is 19.6. The highest BCUT2D eigenvalue weighted by atomic mass is 35.5. The second-order valence-electron chi connectivity index (χ2n) is 11.0. The van der Waals surface area contributed by atoms with E-state index in [1.807, 2.05) is 25.1 Å². The van der Waals surface area contributed by atoms with Gasteiger partial charge in [-0.15, -0.1) is 0 Å². The average Bonchev–Trinajstić information content (AvgIpc) is 3.32. The van der Waals surface area contributed by atoms with E-state index in [0.29, 0.717) is 45.1 Å². The van der Waals surface area contributed by atoms with Crippen molar-refractivity contribution < 1.29 is 14.4 Å². The number of rotatable bonds is 5. The first-order valence-corrected chi connectivity index (χ1v) is 14.7. The quantitative estimate of drug-likeness (QED) is 0.315. The number of anilines is 2. The van der Waals surface area contributed by atoms with Crippen molar-refractivity contribution >= 4 is 63.9 Å². The van der Waals surface area contributed by atoms with Crippen molar-refractivity contribution in [3.8, 4) is 0 Å². The molecule has 7 nitrogen and oxygen atoms in total. The molecule has 0 radical (unpaired) electrons. The Hall–Kier alpha value is -3.10. The number of carbonyl (C=O) groups excluding carboxylic acids is 3. The zero-order valence-corrected chi connectivity index (χ0v) is 25.0. The molecule has 0 aliphatic carbocycles. The fourth-order valence-corrected chi connectivity index (χ4v) is 6.32. The topological polar surface area (TPSA) is 81.8 Å². The van der Waals surface area contributed by atoms with E-state index < -0.39 is 11.8 Å². The average molecular weight is 614 g/mol. The minimum Gasteiger partial charge on any atom is -0.334 e. The summed E-state index contributed by atoms with van der Waals surface area (Å²) in [7, 11) is 0. The third-order valence-electron chi connectivity index (χ3n) is 7.87. The van der Waals surface area contributed by atoms with Gasteiger partial charge in [0, 0.05) is 53.6 Å². The van der Waals surface area contributed by atoms with Crippen LogP contribution < -0.4 is 10.6 Å². The molecule has 2 aliphatic heterocycles. The smallest absolute Gasteiger partial charge is 0.313 e. The van der Waals surface area contributed by atoms with Crippen LogP contribution in [0.1, 0.15) is 40.7 Å². The molecular formula is C31H31Cl3N4O3. The summed E-state index contributed by atoms with van der Waals surface area (Å²) in [6, 6.07) is 17.5. The van der Waals surface area contributed by atoms with E-state index in [0.717, 1.165) is 50.0 Å². The highest BCUT2D eigenvalue weighted by Crippen LogP contribution is 2.40. The zero-order chi connectivity index (χ0) is 29.1. The van der Waals surface area contributed by atoms with Crippen LogP contribution in [0.25, 0.3) is 0 Å². The number of carbonyl (C=O) groups is 3. The third-order valence-corrected chi connectivity index (χ3v) is 8.84. The third kappa shape index (κ3) is 7.04. The molecule has 3 aromatic rings. The Balaban J connectivity index is 1.17. The Kier molecular flexibility index (Phi) is 8.90. The van der Waals surface area contributed by atoms with Crippen LogP contribution in [-0.4, -0.2) is 53.7 Å². The largest absolute Gasteiger partial charge is 0.334 e. The van der Waals surface area contributed by atoms with Gasteiger partial charge in [0.05, 0.1) is 10.0 Å². The fraction of sp³-hybridized carbons (Fsp3) is 0.323. The molecule has 2 fully saturated rings. The molecule has 0 saturated carbocycles. The summed E-state index contributed by atoms with van der Waals surface area (Å²) in [5.74, 6) is -1.48. The number of hydrogen-bond acceptors (Lipinski definition) is 4. The number of nitrogens with one attached hydrogen (secondary N) is 2. The number of aryl methyl sites for hydroxylation is 1. The van der Waals surface area contributed by atoms with E-state index in [1.165, 1.54) is 0 Å². The first-order valence-electron chi connectivity index (χ1n) is 13.5. The van der Waals surface area contributed by atoms with Crippen molar-refractivity contribution in [3.05, 3.63) is 92.4 Å². The zero-order valence-electron chi connectivity index (χ0n) is 22.7. The minimum absolute atomic E-state index is 0.0246. The van der Waals surface area contributed by atoms with Gasteiger partial charge in [-0.3, -0.25) is 19.3 Å². The fourth-order valence-electron chi connectivity index (χ4n) is 5.81. The van der Waals surface area contributed by atoms with Crippen molar-refractivity contribution in [2.45, 2.75) is 32.7 Å². The molecule has 10 heteroatoms. The van der Waals surface area contributed by atoms with E-state index >= 15 is 0 Å². The number of likely N-dealkylation sites (tertiary alicyclic amines) is 2. The Morgan fingerprint density at radius 1 is 0.878 bits per heavy atom. The molecule has 1 unspecified atom stereocenters. The van der Waals surface area contributed by atoms with E-state index in [2.05, 4.69) is 15.5 Å². The summed E-state index contributed by atoms with van der Waals surface area (Å²) < 4.78 is 0. The number of benzene rings is 3. The molecule has 2 aliphatic rings. The molecule has 5 rings (SSSR count). The van der Waals surface area contributed by atoms with Gasteiger partial charge in [-0.25, -0.2) is 0 Å². The first kappa shape index (κ1) is 29.4. The van der Waals surface area contributed by atoms with E-state index in [-0.39, 0.29) is 11.3 Å². The predicted octanol–water partition coefficient (Wildman–Crippen LogP) is 6.66. The molecule has 1 spiro atoms. The van der Waals surface area contributed by atoms with E-state index in [4.69, 9.17) is 34.8 Å². The Labute approximate surface area is 254 Å². The molecule has 3 amide bonds. The van der Waals surface area contributed by atoms with Crippen molar-refractivity contribution in [1.82, 2.24) is 9.80 Å². The summed E-state index contributed by atoms with van der Waals surface area (Å²) in [5.41, 5.74) is 3.33. The summed E-state index contributed by atoms with van der Waals surface area (Å²) in [5, 5.41) is 7.16. The van der Waals surface area contributed by atoms with Crippen LogP contribution in [0.15, 0.2) is 60.7 Å². The van der Waals surface area contributed by atoms with Crippen LogP contribution >= 0.6 is 34.8 Å². The van der Waals surface area contributed by atoms with Crippen LogP contribution in [0, 0.1) is 12.3 Å². The van der Waals surface area contributed by atoms with Gasteiger partial charge in [-0.1, -0.05) is 46.9 Å². The Morgan fingerprint density at radius 3 is 2.46 bits per heavy atom. The summed E-state index contributed by atoms with van der Waals surface area (Å²) in [6.45, 7) is 5.49. The van der Waals surface area contributed by atoms with Gasteiger partial charge in [0.25, 0.3) is 5.91 Å². The number of nitrogens with zero attached hydrogens (tertiary/aromatic N) is 2. The van der Waals surface area contributed by atoms with Gasteiger partial charge >= 0.3 is 11.8 Å². The molecule has 2 saturated heterocycles. The van der Waals surface area contributed by atoms with Gasteiger partial charge in [0.1, 0.15) is 0 Å². The molecule has 0 bridgehead atoms. The SMILES string of the molecule is Cc1cc(NC(=O)c2cccc(Cl)c2)ccc1NC(=O)C(=O)N1CCCC2(CCN(Cc3ccc(Cl)c(Cl)c3)C2)C1. The molecule has 3 aromatic carbocycles. The van der Waals surface area contributed by atoms with Crippen LogP contribution in [0.4, 0.5) is 11.4 Å². The second-order valence-corrected chi connectivity index (χ2v) is 12.2. The van der Waals surface area contributed by atoms with Crippen LogP contribution in [-0.2, 0) is 16.1 Å². The molecule has 1 atom stereocenters. The van der Waals surface area contributed by atoms with Crippen molar-refractivity contribution in [3.63, 3.8) is 0 Å². The number of hydrogen-bond donors (Lipinski definition) is 2. The van der Waals surface area contributed by atoms with Crippen LogP contribution in [0.5, 0.6) is 0 Å². The Morgan fingerprint density at radius 2 is 1.71 bits per heavy atom. The van der Waals surface area contributed by atoms with Gasteiger partial charge in [0.2, 0.25) is 0 Å². The maximum atomic E-state index is 13.2. The molecule has 2 heterocycles. The van der Waals surface area contributed by atoms with E-state index in [1.54, 1.807) is 47.4 Å². The lowest BCUT2D eigenvalue weighted by molar-refractivity contribution is -0.145.